The maximum atomic E-state index is 12.9. The molecule has 0 nitrogen and oxygen atoms in total. The first-order chi connectivity index (χ1) is 6.25. The highest BCUT2D eigenvalue weighted by molar-refractivity contribution is 9.10. The standard InChI is InChI=1S/C10H6BrFS/c11-8-5-10(13-6-8)7-2-1-3-9(12)4-7/h1-6H. The molecule has 0 aliphatic carbocycles. The van der Waals surface area contributed by atoms with E-state index in [1.165, 1.54) is 12.1 Å². The van der Waals surface area contributed by atoms with Gasteiger partial charge in [-0.05, 0) is 39.7 Å². The molecule has 66 valence electrons. The quantitative estimate of drug-likeness (QED) is 0.713. The first-order valence-corrected chi connectivity index (χ1v) is 5.43. The maximum Gasteiger partial charge on any atom is 0.123 e. The molecule has 0 amide bonds. The Labute approximate surface area is 88.2 Å². The molecule has 1 aromatic heterocycles. The van der Waals surface area contributed by atoms with Crippen LogP contribution in [-0.2, 0) is 0 Å². The predicted molar refractivity (Wildman–Crippen MR) is 57.4 cm³/mol. The normalized spacial score (nSPS) is 10.3. The van der Waals surface area contributed by atoms with Gasteiger partial charge in [-0.15, -0.1) is 11.3 Å². The molecular weight excluding hydrogens is 251 g/mol. The van der Waals surface area contributed by atoms with Crippen LogP contribution < -0.4 is 0 Å². The molecule has 0 aliphatic heterocycles. The maximum absolute atomic E-state index is 12.9. The van der Waals surface area contributed by atoms with Crippen LogP contribution >= 0.6 is 27.3 Å². The number of thiophene rings is 1. The van der Waals surface area contributed by atoms with Crippen LogP contribution in [-0.4, -0.2) is 0 Å². The van der Waals surface area contributed by atoms with Gasteiger partial charge in [0.1, 0.15) is 5.82 Å². The van der Waals surface area contributed by atoms with Crippen LogP contribution in [0.15, 0.2) is 40.2 Å². The SMILES string of the molecule is Fc1cccc(-c2cc(Br)cs2)c1. The first-order valence-electron chi connectivity index (χ1n) is 3.76. The molecule has 0 aliphatic rings. The van der Waals surface area contributed by atoms with Gasteiger partial charge in [0, 0.05) is 14.7 Å². The highest BCUT2D eigenvalue weighted by Gasteiger charge is 2.01. The molecule has 0 bridgehead atoms. The van der Waals surface area contributed by atoms with Gasteiger partial charge in [-0.3, -0.25) is 0 Å². The van der Waals surface area contributed by atoms with E-state index in [-0.39, 0.29) is 5.82 Å². The van der Waals surface area contributed by atoms with E-state index >= 15 is 0 Å². The van der Waals surface area contributed by atoms with E-state index < -0.39 is 0 Å². The Morgan fingerprint density at radius 2 is 2.08 bits per heavy atom. The summed E-state index contributed by atoms with van der Waals surface area (Å²) in [6.45, 7) is 0. The molecule has 0 N–H and O–H groups in total. The second-order valence-electron chi connectivity index (χ2n) is 2.64. The molecule has 2 aromatic rings. The van der Waals surface area contributed by atoms with E-state index in [2.05, 4.69) is 15.9 Å². The molecule has 0 saturated carbocycles. The molecule has 1 heterocycles. The highest BCUT2D eigenvalue weighted by atomic mass is 79.9. The minimum atomic E-state index is -0.193. The van der Waals surface area contributed by atoms with E-state index in [9.17, 15) is 4.39 Å². The summed E-state index contributed by atoms with van der Waals surface area (Å²) in [6, 6.07) is 8.60. The Kier molecular flexibility index (Phi) is 2.47. The largest absolute Gasteiger partial charge is 0.207 e. The van der Waals surface area contributed by atoms with Gasteiger partial charge in [0.05, 0.1) is 0 Å². The molecule has 0 unspecified atom stereocenters. The Morgan fingerprint density at radius 3 is 2.69 bits per heavy atom. The summed E-state index contributed by atoms with van der Waals surface area (Å²) in [5, 5.41) is 1.99. The van der Waals surface area contributed by atoms with Crippen molar-refractivity contribution in [1.82, 2.24) is 0 Å². The zero-order valence-corrected chi connectivity index (χ0v) is 9.03. The number of halogens is 2. The fourth-order valence-electron chi connectivity index (χ4n) is 1.11. The molecule has 0 radical (unpaired) electrons. The minimum absolute atomic E-state index is 0.193. The summed E-state index contributed by atoms with van der Waals surface area (Å²) < 4.78 is 13.9. The lowest BCUT2D eigenvalue weighted by Crippen LogP contribution is -1.74. The fourth-order valence-corrected chi connectivity index (χ4v) is 2.53. The number of benzene rings is 1. The third kappa shape index (κ3) is 1.98. The lowest BCUT2D eigenvalue weighted by Gasteiger charge is -1.95. The molecule has 0 atom stereocenters. The Morgan fingerprint density at radius 1 is 1.23 bits per heavy atom. The topological polar surface area (TPSA) is 0 Å². The molecular formula is C10H6BrFS. The number of rotatable bonds is 1. The Bertz CT molecular complexity index is 422. The summed E-state index contributed by atoms with van der Waals surface area (Å²) >= 11 is 4.96. The number of hydrogen-bond acceptors (Lipinski definition) is 1. The van der Waals surface area contributed by atoms with Crippen molar-refractivity contribution < 1.29 is 4.39 Å². The predicted octanol–water partition coefficient (Wildman–Crippen LogP) is 4.32. The molecule has 1 aromatic carbocycles. The van der Waals surface area contributed by atoms with Crippen LogP contribution in [0.3, 0.4) is 0 Å². The molecule has 3 heteroatoms. The van der Waals surface area contributed by atoms with Gasteiger partial charge in [-0.1, -0.05) is 12.1 Å². The third-order valence-electron chi connectivity index (χ3n) is 1.68. The molecule has 0 spiro atoms. The van der Waals surface area contributed by atoms with Crippen molar-refractivity contribution in [1.29, 1.82) is 0 Å². The second kappa shape index (κ2) is 3.60. The van der Waals surface area contributed by atoms with E-state index in [0.29, 0.717) is 0 Å². The lowest BCUT2D eigenvalue weighted by atomic mass is 10.2. The summed E-state index contributed by atoms with van der Waals surface area (Å²) in [5.41, 5.74) is 0.927. The fraction of sp³-hybridized carbons (Fsp3) is 0. The Balaban J connectivity index is 2.46. The highest BCUT2D eigenvalue weighted by Crippen LogP contribution is 2.29. The van der Waals surface area contributed by atoms with E-state index in [0.717, 1.165) is 14.9 Å². The smallest absolute Gasteiger partial charge is 0.123 e. The average molecular weight is 257 g/mol. The van der Waals surface area contributed by atoms with Crippen LogP contribution in [0.2, 0.25) is 0 Å². The first kappa shape index (κ1) is 8.91. The summed E-state index contributed by atoms with van der Waals surface area (Å²) in [4.78, 5) is 1.08. The van der Waals surface area contributed by atoms with Gasteiger partial charge >= 0.3 is 0 Å². The minimum Gasteiger partial charge on any atom is -0.207 e. The summed E-state index contributed by atoms with van der Waals surface area (Å²) in [6.07, 6.45) is 0. The van der Waals surface area contributed by atoms with Gasteiger partial charge in [-0.2, -0.15) is 0 Å². The van der Waals surface area contributed by atoms with Crippen LogP contribution in [0.1, 0.15) is 0 Å². The van der Waals surface area contributed by atoms with Gasteiger partial charge in [0.15, 0.2) is 0 Å². The van der Waals surface area contributed by atoms with Gasteiger partial charge in [0.25, 0.3) is 0 Å². The van der Waals surface area contributed by atoms with Crippen LogP contribution in [0, 0.1) is 5.82 Å². The molecule has 2 rings (SSSR count). The van der Waals surface area contributed by atoms with Gasteiger partial charge in [-0.25, -0.2) is 4.39 Å². The molecule has 0 fully saturated rings. The zero-order chi connectivity index (χ0) is 9.26. The lowest BCUT2D eigenvalue weighted by molar-refractivity contribution is 0.628. The van der Waals surface area contributed by atoms with E-state index in [1.54, 1.807) is 17.4 Å². The summed E-state index contributed by atoms with van der Waals surface area (Å²) in [5.74, 6) is -0.193. The second-order valence-corrected chi connectivity index (χ2v) is 4.47. The third-order valence-corrected chi connectivity index (χ3v) is 3.42. The van der Waals surface area contributed by atoms with Crippen molar-refractivity contribution in [2.45, 2.75) is 0 Å². The van der Waals surface area contributed by atoms with Crippen molar-refractivity contribution in [3.63, 3.8) is 0 Å². The monoisotopic (exact) mass is 256 g/mol. The molecule has 13 heavy (non-hydrogen) atoms. The molecule has 0 saturated heterocycles. The van der Waals surface area contributed by atoms with Crippen molar-refractivity contribution in [3.8, 4) is 10.4 Å². The van der Waals surface area contributed by atoms with Crippen molar-refractivity contribution in [2.75, 3.05) is 0 Å². The average Bonchev–Trinajstić information content (AvgIpc) is 2.52. The van der Waals surface area contributed by atoms with Gasteiger partial charge < -0.3 is 0 Å². The summed E-state index contributed by atoms with van der Waals surface area (Å²) in [7, 11) is 0. The van der Waals surface area contributed by atoms with E-state index in [4.69, 9.17) is 0 Å². The van der Waals surface area contributed by atoms with Crippen molar-refractivity contribution in [2.24, 2.45) is 0 Å². The van der Waals surface area contributed by atoms with Crippen molar-refractivity contribution in [3.05, 3.63) is 46.0 Å². The number of hydrogen-bond donors (Lipinski definition) is 0. The van der Waals surface area contributed by atoms with Crippen LogP contribution in [0.25, 0.3) is 10.4 Å². The van der Waals surface area contributed by atoms with Gasteiger partial charge in [0.2, 0.25) is 0 Å². The Hall–Kier alpha value is -0.670. The van der Waals surface area contributed by atoms with Crippen molar-refractivity contribution >= 4 is 27.3 Å². The van der Waals surface area contributed by atoms with E-state index in [1.807, 2.05) is 17.5 Å². The zero-order valence-electron chi connectivity index (χ0n) is 6.63. The van der Waals surface area contributed by atoms with Crippen LogP contribution in [0.5, 0.6) is 0 Å². The van der Waals surface area contributed by atoms with Crippen LogP contribution in [0.4, 0.5) is 4.39 Å².